The molecular formula is C16H27Cl3N2. The molecule has 0 spiro atoms. The van der Waals surface area contributed by atoms with Gasteiger partial charge >= 0.3 is 0 Å². The summed E-state index contributed by atoms with van der Waals surface area (Å²) in [7, 11) is 0. The fourth-order valence-corrected chi connectivity index (χ4v) is 3.18. The molecule has 1 fully saturated rings. The summed E-state index contributed by atoms with van der Waals surface area (Å²) in [6.45, 7) is 11.4. The zero-order valence-electron chi connectivity index (χ0n) is 13.2. The van der Waals surface area contributed by atoms with Gasteiger partial charge in [0.1, 0.15) is 0 Å². The first-order valence-electron chi connectivity index (χ1n) is 7.23. The van der Waals surface area contributed by atoms with Crippen LogP contribution < -0.4 is 5.32 Å². The maximum Gasteiger partial charge on any atom is 0.0406 e. The Balaban J connectivity index is 0.00000200. The molecule has 1 aliphatic heterocycles. The highest BCUT2D eigenvalue weighted by atomic mass is 35.5. The number of hydrogen-bond donors (Lipinski definition) is 1. The topological polar surface area (TPSA) is 15.3 Å². The van der Waals surface area contributed by atoms with Crippen LogP contribution in [0.15, 0.2) is 24.3 Å². The van der Waals surface area contributed by atoms with Crippen molar-refractivity contribution in [1.82, 2.24) is 10.2 Å². The Bertz CT molecular complexity index is 408. The highest BCUT2D eigenvalue weighted by Crippen LogP contribution is 2.32. The van der Waals surface area contributed by atoms with Crippen LogP contribution in [0.25, 0.3) is 0 Å². The van der Waals surface area contributed by atoms with Gasteiger partial charge in [-0.15, -0.1) is 24.8 Å². The van der Waals surface area contributed by atoms with Crippen molar-refractivity contribution in [3.63, 3.8) is 0 Å². The van der Waals surface area contributed by atoms with Gasteiger partial charge in [0.2, 0.25) is 0 Å². The summed E-state index contributed by atoms with van der Waals surface area (Å²) < 4.78 is 0. The molecule has 1 aromatic carbocycles. The summed E-state index contributed by atoms with van der Waals surface area (Å²) in [5.41, 5.74) is 1.38. The Morgan fingerprint density at radius 3 is 2.24 bits per heavy atom. The van der Waals surface area contributed by atoms with Crippen LogP contribution in [0, 0.1) is 5.92 Å². The van der Waals surface area contributed by atoms with E-state index in [9.17, 15) is 0 Å². The molecule has 2 nitrogen and oxygen atoms in total. The van der Waals surface area contributed by atoms with Crippen LogP contribution in [0.4, 0.5) is 0 Å². The van der Waals surface area contributed by atoms with E-state index >= 15 is 0 Å². The molecule has 0 aliphatic carbocycles. The summed E-state index contributed by atoms with van der Waals surface area (Å²) in [5.74, 6) is 0.592. The van der Waals surface area contributed by atoms with E-state index in [2.05, 4.69) is 50.0 Å². The number of hydrogen-bond acceptors (Lipinski definition) is 2. The predicted molar refractivity (Wildman–Crippen MR) is 97.2 cm³/mol. The van der Waals surface area contributed by atoms with Crippen molar-refractivity contribution in [2.45, 2.75) is 45.8 Å². The number of nitrogens with one attached hydrogen (secondary N) is 1. The molecule has 5 heteroatoms. The molecule has 1 saturated heterocycles. The minimum absolute atomic E-state index is 0. The summed E-state index contributed by atoms with van der Waals surface area (Å²) in [5, 5.41) is 4.37. The van der Waals surface area contributed by atoms with Gasteiger partial charge in [0.05, 0.1) is 0 Å². The molecule has 2 rings (SSSR count). The third-order valence-corrected chi connectivity index (χ3v) is 4.26. The van der Waals surface area contributed by atoms with E-state index in [1.807, 2.05) is 12.1 Å². The van der Waals surface area contributed by atoms with Crippen molar-refractivity contribution in [1.29, 1.82) is 0 Å². The van der Waals surface area contributed by atoms with Gasteiger partial charge in [-0.05, 0) is 37.5 Å². The Hall–Kier alpha value is 0.01000. The van der Waals surface area contributed by atoms with Gasteiger partial charge < -0.3 is 5.32 Å². The highest BCUT2D eigenvalue weighted by molar-refractivity contribution is 6.30. The molecule has 122 valence electrons. The standard InChI is InChI=1S/C16H25ClN2.2ClH/c1-11(2)16(14-5-7-15(17)8-6-14)19-10-12(3)18-9-13(19)4;;/h5-8,11-13,16,18H,9-10H2,1-4H3;2*1H/t12-,13+,16?;;/m0../s1. The Morgan fingerprint density at radius 1 is 1.14 bits per heavy atom. The monoisotopic (exact) mass is 352 g/mol. The lowest BCUT2D eigenvalue weighted by Gasteiger charge is -2.44. The number of halogens is 3. The Labute approximate surface area is 146 Å². The van der Waals surface area contributed by atoms with Crippen molar-refractivity contribution in [2.24, 2.45) is 5.92 Å². The highest BCUT2D eigenvalue weighted by Gasteiger charge is 2.31. The summed E-state index contributed by atoms with van der Waals surface area (Å²) in [6, 6.07) is 9.95. The molecule has 1 unspecified atom stereocenters. The molecule has 0 radical (unpaired) electrons. The molecule has 1 aliphatic rings. The van der Waals surface area contributed by atoms with Gasteiger partial charge in [0, 0.05) is 36.2 Å². The van der Waals surface area contributed by atoms with Crippen LogP contribution in [0.3, 0.4) is 0 Å². The second kappa shape index (κ2) is 9.22. The summed E-state index contributed by atoms with van der Waals surface area (Å²) in [4.78, 5) is 2.63. The smallest absolute Gasteiger partial charge is 0.0406 e. The summed E-state index contributed by atoms with van der Waals surface area (Å²) >= 11 is 6.01. The van der Waals surface area contributed by atoms with E-state index < -0.39 is 0 Å². The molecule has 0 bridgehead atoms. The van der Waals surface area contributed by atoms with E-state index in [0.29, 0.717) is 24.0 Å². The van der Waals surface area contributed by atoms with E-state index in [-0.39, 0.29) is 24.8 Å². The molecule has 0 saturated carbocycles. The molecule has 0 aromatic heterocycles. The van der Waals surface area contributed by atoms with E-state index in [1.54, 1.807) is 0 Å². The number of benzene rings is 1. The van der Waals surface area contributed by atoms with Gasteiger partial charge in [-0.3, -0.25) is 4.90 Å². The van der Waals surface area contributed by atoms with Crippen LogP contribution in [0.2, 0.25) is 5.02 Å². The minimum Gasteiger partial charge on any atom is -0.311 e. The first-order chi connectivity index (χ1) is 8.99. The summed E-state index contributed by atoms with van der Waals surface area (Å²) in [6.07, 6.45) is 0. The maximum atomic E-state index is 6.01. The van der Waals surface area contributed by atoms with Gasteiger partial charge in [0.15, 0.2) is 0 Å². The van der Waals surface area contributed by atoms with Gasteiger partial charge in [0.25, 0.3) is 0 Å². The van der Waals surface area contributed by atoms with Crippen molar-refractivity contribution in [2.75, 3.05) is 13.1 Å². The van der Waals surface area contributed by atoms with Crippen molar-refractivity contribution >= 4 is 36.4 Å². The average molecular weight is 354 g/mol. The van der Waals surface area contributed by atoms with Gasteiger partial charge in [-0.25, -0.2) is 0 Å². The minimum atomic E-state index is 0. The van der Waals surface area contributed by atoms with Crippen LogP contribution in [0.5, 0.6) is 0 Å². The Kier molecular flexibility index (Phi) is 9.22. The zero-order valence-corrected chi connectivity index (χ0v) is 15.6. The zero-order chi connectivity index (χ0) is 14.0. The number of rotatable bonds is 3. The third-order valence-electron chi connectivity index (χ3n) is 4.01. The lowest BCUT2D eigenvalue weighted by atomic mass is 9.92. The van der Waals surface area contributed by atoms with Crippen molar-refractivity contribution < 1.29 is 0 Å². The second-order valence-corrected chi connectivity index (χ2v) is 6.53. The quantitative estimate of drug-likeness (QED) is 0.856. The molecule has 1 N–H and O–H groups in total. The number of piperazine rings is 1. The van der Waals surface area contributed by atoms with Gasteiger partial charge in [-0.1, -0.05) is 37.6 Å². The predicted octanol–water partition coefficient (Wildman–Crippen LogP) is 4.56. The first-order valence-corrected chi connectivity index (χ1v) is 7.61. The Morgan fingerprint density at radius 2 is 1.71 bits per heavy atom. The maximum absolute atomic E-state index is 6.01. The van der Waals surface area contributed by atoms with E-state index in [1.165, 1.54) is 5.56 Å². The lowest BCUT2D eigenvalue weighted by Crippen LogP contribution is -2.55. The van der Waals surface area contributed by atoms with Crippen molar-refractivity contribution in [3.8, 4) is 0 Å². The average Bonchev–Trinajstić information content (AvgIpc) is 2.36. The van der Waals surface area contributed by atoms with E-state index in [4.69, 9.17) is 11.6 Å². The fraction of sp³-hybridized carbons (Fsp3) is 0.625. The number of nitrogens with zero attached hydrogens (tertiary/aromatic N) is 1. The van der Waals surface area contributed by atoms with Crippen LogP contribution in [-0.4, -0.2) is 30.1 Å². The van der Waals surface area contributed by atoms with Gasteiger partial charge in [-0.2, -0.15) is 0 Å². The molecule has 3 atom stereocenters. The fourth-order valence-electron chi connectivity index (χ4n) is 3.06. The molecular weight excluding hydrogens is 327 g/mol. The van der Waals surface area contributed by atoms with Crippen LogP contribution in [-0.2, 0) is 0 Å². The SMILES string of the molecule is CC(C)C(c1ccc(Cl)cc1)N1C[C@H](C)NC[C@H]1C.Cl.Cl. The second-order valence-electron chi connectivity index (χ2n) is 6.10. The largest absolute Gasteiger partial charge is 0.311 e. The van der Waals surface area contributed by atoms with E-state index in [0.717, 1.165) is 18.1 Å². The van der Waals surface area contributed by atoms with Crippen molar-refractivity contribution in [3.05, 3.63) is 34.9 Å². The molecule has 1 aromatic rings. The molecule has 1 heterocycles. The first kappa shape index (κ1) is 21.0. The molecule has 0 amide bonds. The molecule has 21 heavy (non-hydrogen) atoms. The van der Waals surface area contributed by atoms with Crippen LogP contribution in [0.1, 0.15) is 39.3 Å². The van der Waals surface area contributed by atoms with Crippen LogP contribution >= 0.6 is 36.4 Å². The third kappa shape index (κ3) is 5.30. The lowest BCUT2D eigenvalue weighted by molar-refractivity contribution is 0.0698. The normalized spacial score (nSPS) is 24.1.